The number of pyridine rings is 1. The van der Waals surface area contributed by atoms with Gasteiger partial charge in [0.15, 0.2) is 0 Å². The fourth-order valence-electron chi connectivity index (χ4n) is 5.18. The number of halogens is 1. The normalized spacial score (nSPS) is 14.9. The fraction of sp³-hybridized carbons (Fsp3) is 0.387. The smallest absolute Gasteiger partial charge is 0.412 e. The predicted molar refractivity (Wildman–Crippen MR) is 159 cm³/mol. The maximum absolute atomic E-state index is 13.9. The van der Waals surface area contributed by atoms with Gasteiger partial charge < -0.3 is 18.8 Å². The van der Waals surface area contributed by atoms with Crippen LogP contribution in [0, 0.1) is 6.92 Å². The molecule has 0 radical (unpaired) electrons. The molecule has 5 rings (SSSR count). The van der Waals surface area contributed by atoms with E-state index < -0.39 is 11.7 Å². The number of hydrogen-bond donors (Lipinski definition) is 1. The summed E-state index contributed by atoms with van der Waals surface area (Å²) >= 11 is 6.48. The molecule has 0 saturated heterocycles. The van der Waals surface area contributed by atoms with Gasteiger partial charge in [-0.1, -0.05) is 31.5 Å². The number of unbranched alkanes of at least 4 members (excludes halogenated alkanes) is 1. The first-order valence-corrected chi connectivity index (χ1v) is 14.2. The molecule has 0 fully saturated rings. The quantitative estimate of drug-likeness (QED) is 0.189. The number of ether oxygens (including phenoxy) is 2. The second kappa shape index (κ2) is 11.0. The Morgan fingerprint density at radius 1 is 1.18 bits per heavy atom. The summed E-state index contributed by atoms with van der Waals surface area (Å²) in [5, 5.41) is 4.86. The lowest BCUT2D eigenvalue weighted by Crippen LogP contribution is -2.30. The standard InChI is InChI=1S/C31H35ClN4O4/c1-6-7-13-39-25-14-24-28(27-19(2)9-8-10-22(25)27)20(15-32)16-36(24)29(37)23-18-35-17-21(11-12-26(35)34-23)33-30(38)40-31(3,4)5/h8-12,14,17-18,20H,6-7,13,15-16H2,1-5H3,(H,33,38)/t20-/m1/s1. The van der Waals surface area contributed by atoms with Gasteiger partial charge in [-0.05, 0) is 62.8 Å². The van der Waals surface area contributed by atoms with E-state index in [1.807, 2.05) is 12.1 Å². The highest BCUT2D eigenvalue weighted by Gasteiger charge is 2.36. The fourth-order valence-corrected chi connectivity index (χ4v) is 5.43. The number of aromatic nitrogens is 2. The summed E-state index contributed by atoms with van der Waals surface area (Å²) in [5.41, 5.74) is 3.82. The molecule has 0 spiro atoms. The zero-order valence-corrected chi connectivity index (χ0v) is 24.3. The Bertz CT molecular complexity index is 1590. The van der Waals surface area contributed by atoms with Crippen molar-refractivity contribution in [3.63, 3.8) is 0 Å². The van der Waals surface area contributed by atoms with Crippen molar-refractivity contribution in [2.24, 2.45) is 0 Å². The Kier molecular flexibility index (Phi) is 7.64. The monoisotopic (exact) mass is 562 g/mol. The summed E-state index contributed by atoms with van der Waals surface area (Å²) in [6.45, 7) is 10.7. The van der Waals surface area contributed by atoms with Crippen LogP contribution in [0.1, 0.15) is 68.1 Å². The summed E-state index contributed by atoms with van der Waals surface area (Å²) in [4.78, 5) is 32.5. The van der Waals surface area contributed by atoms with Gasteiger partial charge in [0.05, 0.1) is 18.0 Å². The molecule has 1 N–H and O–H groups in total. The van der Waals surface area contributed by atoms with E-state index >= 15 is 0 Å². The van der Waals surface area contributed by atoms with Crippen LogP contribution in [-0.4, -0.2) is 46.0 Å². The Balaban J connectivity index is 1.50. The number of imidazole rings is 1. The van der Waals surface area contributed by atoms with Crippen LogP contribution >= 0.6 is 11.6 Å². The minimum atomic E-state index is -0.611. The molecule has 0 saturated carbocycles. The molecule has 40 heavy (non-hydrogen) atoms. The minimum Gasteiger partial charge on any atom is -0.493 e. The zero-order valence-electron chi connectivity index (χ0n) is 23.6. The number of aryl methyl sites for hydroxylation is 1. The maximum atomic E-state index is 13.9. The molecule has 8 nitrogen and oxygen atoms in total. The third-order valence-electron chi connectivity index (χ3n) is 6.96. The SMILES string of the molecule is CCCCOc1cc2c(c3c(C)cccc13)[C@H](CCl)CN2C(=O)c1cn2cc(NC(=O)OC(C)(C)C)ccc2n1. The minimum absolute atomic E-state index is 0.0180. The van der Waals surface area contributed by atoms with Gasteiger partial charge in [0.1, 0.15) is 22.7 Å². The number of amides is 2. The Morgan fingerprint density at radius 2 is 1.98 bits per heavy atom. The van der Waals surface area contributed by atoms with Gasteiger partial charge in [-0.3, -0.25) is 10.1 Å². The second-order valence-electron chi connectivity index (χ2n) is 11.2. The highest BCUT2D eigenvalue weighted by Crippen LogP contribution is 2.47. The van der Waals surface area contributed by atoms with Crippen molar-refractivity contribution in [2.45, 2.75) is 59.0 Å². The van der Waals surface area contributed by atoms with E-state index in [0.29, 0.717) is 36.1 Å². The van der Waals surface area contributed by atoms with E-state index in [1.165, 1.54) is 0 Å². The van der Waals surface area contributed by atoms with Crippen LogP contribution in [-0.2, 0) is 4.74 Å². The van der Waals surface area contributed by atoms with Crippen LogP contribution in [0.4, 0.5) is 16.2 Å². The van der Waals surface area contributed by atoms with Gasteiger partial charge >= 0.3 is 6.09 Å². The molecule has 1 aliphatic rings. The molecule has 1 atom stereocenters. The number of carbonyl (C=O) groups excluding carboxylic acids is 2. The third-order valence-corrected chi connectivity index (χ3v) is 7.33. The molecule has 4 aromatic rings. The lowest BCUT2D eigenvalue weighted by molar-refractivity contribution is 0.0635. The van der Waals surface area contributed by atoms with E-state index in [4.69, 9.17) is 21.1 Å². The number of carbonyl (C=O) groups is 2. The van der Waals surface area contributed by atoms with Crippen molar-refractivity contribution in [1.82, 2.24) is 9.38 Å². The number of nitrogens with one attached hydrogen (secondary N) is 1. The van der Waals surface area contributed by atoms with Crippen LogP contribution in [0.25, 0.3) is 16.4 Å². The van der Waals surface area contributed by atoms with E-state index in [-0.39, 0.29) is 11.8 Å². The molecule has 2 amide bonds. The molecule has 0 bridgehead atoms. The molecular formula is C31H35ClN4O4. The molecule has 3 heterocycles. The Labute approximate surface area is 239 Å². The van der Waals surface area contributed by atoms with E-state index in [2.05, 4.69) is 36.3 Å². The molecule has 9 heteroatoms. The number of fused-ring (bicyclic) bond motifs is 4. The van der Waals surface area contributed by atoms with Crippen molar-refractivity contribution < 1.29 is 19.1 Å². The van der Waals surface area contributed by atoms with Gasteiger partial charge in [-0.15, -0.1) is 11.6 Å². The maximum Gasteiger partial charge on any atom is 0.412 e. The second-order valence-corrected chi connectivity index (χ2v) is 11.5. The number of nitrogens with zero attached hydrogens (tertiary/aromatic N) is 3. The van der Waals surface area contributed by atoms with E-state index in [1.54, 1.807) is 54.6 Å². The average molecular weight is 563 g/mol. The first-order valence-electron chi connectivity index (χ1n) is 13.6. The predicted octanol–water partition coefficient (Wildman–Crippen LogP) is 7.30. The van der Waals surface area contributed by atoms with Crippen LogP contribution < -0.4 is 15.0 Å². The molecule has 1 aliphatic heterocycles. The molecule has 2 aromatic heterocycles. The number of alkyl halides is 1. The van der Waals surface area contributed by atoms with Crippen LogP contribution in [0.2, 0.25) is 0 Å². The summed E-state index contributed by atoms with van der Waals surface area (Å²) < 4.78 is 13.3. The summed E-state index contributed by atoms with van der Waals surface area (Å²) in [7, 11) is 0. The number of rotatable bonds is 7. The number of benzene rings is 2. The molecule has 2 aromatic carbocycles. The van der Waals surface area contributed by atoms with Crippen molar-refractivity contribution in [3.8, 4) is 5.75 Å². The van der Waals surface area contributed by atoms with Gasteiger partial charge in [-0.2, -0.15) is 0 Å². The van der Waals surface area contributed by atoms with Crippen molar-refractivity contribution in [1.29, 1.82) is 0 Å². The third kappa shape index (κ3) is 5.45. The number of hydrogen-bond acceptors (Lipinski definition) is 5. The topological polar surface area (TPSA) is 85.2 Å². The van der Waals surface area contributed by atoms with E-state index in [9.17, 15) is 9.59 Å². The van der Waals surface area contributed by atoms with Gasteiger partial charge in [0.25, 0.3) is 5.91 Å². The first kappa shape index (κ1) is 27.8. The highest BCUT2D eigenvalue weighted by atomic mass is 35.5. The first-order chi connectivity index (χ1) is 19.1. The van der Waals surface area contributed by atoms with Crippen LogP contribution in [0.15, 0.2) is 48.8 Å². The van der Waals surface area contributed by atoms with Crippen molar-refractivity contribution in [2.75, 3.05) is 29.2 Å². The molecule has 210 valence electrons. The lowest BCUT2D eigenvalue weighted by atomic mass is 9.92. The molecule has 0 unspecified atom stereocenters. The summed E-state index contributed by atoms with van der Waals surface area (Å²) in [6, 6.07) is 11.6. The Hall–Kier alpha value is -3.78. The van der Waals surface area contributed by atoms with Gasteiger partial charge in [0, 0.05) is 42.2 Å². The molecular weight excluding hydrogens is 528 g/mol. The zero-order chi connectivity index (χ0) is 28.6. The summed E-state index contributed by atoms with van der Waals surface area (Å²) in [6.07, 6.45) is 4.81. The van der Waals surface area contributed by atoms with Crippen LogP contribution in [0.3, 0.4) is 0 Å². The Morgan fingerprint density at radius 3 is 2.70 bits per heavy atom. The van der Waals surface area contributed by atoms with E-state index in [0.717, 1.165) is 46.2 Å². The van der Waals surface area contributed by atoms with Crippen molar-refractivity contribution >= 4 is 51.4 Å². The number of anilines is 2. The highest BCUT2D eigenvalue weighted by molar-refractivity contribution is 6.19. The largest absolute Gasteiger partial charge is 0.493 e. The van der Waals surface area contributed by atoms with Crippen molar-refractivity contribution in [3.05, 3.63) is 65.6 Å². The molecule has 0 aliphatic carbocycles. The van der Waals surface area contributed by atoms with Gasteiger partial charge in [0.2, 0.25) is 0 Å². The average Bonchev–Trinajstić information content (AvgIpc) is 3.48. The summed E-state index contributed by atoms with van der Waals surface area (Å²) in [5.74, 6) is 0.926. The van der Waals surface area contributed by atoms with Gasteiger partial charge in [-0.25, -0.2) is 9.78 Å². The lowest BCUT2D eigenvalue weighted by Gasteiger charge is -2.19. The van der Waals surface area contributed by atoms with Crippen LogP contribution in [0.5, 0.6) is 5.75 Å².